The van der Waals surface area contributed by atoms with E-state index in [9.17, 15) is 9.18 Å². The van der Waals surface area contributed by atoms with Gasteiger partial charge in [0.15, 0.2) is 0 Å². The monoisotopic (exact) mass is 405 g/mol. The fourth-order valence-electron chi connectivity index (χ4n) is 3.05. The summed E-state index contributed by atoms with van der Waals surface area (Å²) in [6, 6.07) is 18.6. The minimum atomic E-state index is -0.300. The highest BCUT2D eigenvalue weighted by molar-refractivity contribution is 6.06. The van der Waals surface area contributed by atoms with Crippen LogP contribution in [0.1, 0.15) is 10.4 Å². The van der Waals surface area contributed by atoms with Crippen LogP contribution < -0.4 is 10.1 Å². The van der Waals surface area contributed by atoms with E-state index in [0.29, 0.717) is 36.0 Å². The van der Waals surface area contributed by atoms with Gasteiger partial charge in [0.1, 0.15) is 24.0 Å². The maximum absolute atomic E-state index is 13.2. The summed E-state index contributed by atoms with van der Waals surface area (Å²) < 4.78 is 23.8. The third-order valence-electron chi connectivity index (χ3n) is 4.53. The van der Waals surface area contributed by atoms with Crippen molar-refractivity contribution in [3.05, 3.63) is 78.1 Å². The summed E-state index contributed by atoms with van der Waals surface area (Å²) in [5.41, 5.74) is 3.34. The van der Waals surface area contributed by atoms with Crippen LogP contribution in [0.2, 0.25) is 0 Å². The van der Waals surface area contributed by atoms with Gasteiger partial charge in [-0.1, -0.05) is 12.1 Å². The number of aromatic amines is 1. The number of nitrogens with zero attached hydrogens (tertiary/aromatic N) is 1. The van der Waals surface area contributed by atoms with Crippen LogP contribution in [-0.2, 0) is 4.74 Å². The number of carbonyl (C=O) groups is 1. The standard InChI is InChI=1S/C23H20FN3O3/c1-29-12-13-30-21-5-3-2-4-18(21)23(28)25-17-10-11-19-20(14-17)27-22(26-19)15-6-8-16(24)9-7-15/h2-11,14H,12-13H2,1H3,(H,25,28)(H,26,27). The Morgan fingerprint density at radius 2 is 1.87 bits per heavy atom. The Balaban J connectivity index is 1.54. The molecule has 7 heteroatoms. The van der Waals surface area contributed by atoms with E-state index in [4.69, 9.17) is 9.47 Å². The summed E-state index contributed by atoms with van der Waals surface area (Å²) in [7, 11) is 1.59. The number of fused-ring (bicyclic) bond motifs is 1. The zero-order valence-electron chi connectivity index (χ0n) is 16.3. The quantitative estimate of drug-likeness (QED) is 0.439. The van der Waals surface area contributed by atoms with Gasteiger partial charge in [0, 0.05) is 18.4 Å². The number of carbonyl (C=O) groups excluding carboxylic acids is 1. The second kappa shape index (κ2) is 8.75. The van der Waals surface area contributed by atoms with E-state index in [1.54, 1.807) is 43.5 Å². The molecule has 0 aliphatic carbocycles. The molecule has 0 unspecified atom stereocenters. The zero-order valence-corrected chi connectivity index (χ0v) is 16.3. The Hall–Kier alpha value is -3.71. The summed E-state index contributed by atoms with van der Waals surface area (Å²) in [4.78, 5) is 20.5. The molecule has 0 bridgehead atoms. The summed E-state index contributed by atoms with van der Waals surface area (Å²) >= 11 is 0. The lowest BCUT2D eigenvalue weighted by Crippen LogP contribution is -2.14. The van der Waals surface area contributed by atoms with Crippen molar-refractivity contribution in [3.8, 4) is 17.1 Å². The van der Waals surface area contributed by atoms with Gasteiger partial charge < -0.3 is 19.8 Å². The van der Waals surface area contributed by atoms with Crippen LogP contribution in [0.5, 0.6) is 5.75 Å². The van der Waals surface area contributed by atoms with Gasteiger partial charge in [0.25, 0.3) is 5.91 Å². The third kappa shape index (κ3) is 4.31. The summed E-state index contributed by atoms with van der Waals surface area (Å²) in [6.07, 6.45) is 0. The highest BCUT2D eigenvalue weighted by atomic mass is 19.1. The topological polar surface area (TPSA) is 76.2 Å². The highest BCUT2D eigenvalue weighted by Crippen LogP contribution is 2.24. The van der Waals surface area contributed by atoms with E-state index in [1.165, 1.54) is 12.1 Å². The smallest absolute Gasteiger partial charge is 0.259 e. The van der Waals surface area contributed by atoms with Crippen LogP contribution >= 0.6 is 0 Å². The number of ether oxygens (including phenoxy) is 2. The van der Waals surface area contributed by atoms with Crippen molar-refractivity contribution in [1.82, 2.24) is 9.97 Å². The van der Waals surface area contributed by atoms with Gasteiger partial charge in [0.05, 0.1) is 23.2 Å². The molecule has 1 amide bonds. The highest BCUT2D eigenvalue weighted by Gasteiger charge is 2.13. The predicted molar refractivity (Wildman–Crippen MR) is 113 cm³/mol. The molecule has 4 aromatic rings. The number of halogens is 1. The molecule has 3 aromatic carbocycles. The number of methoxy groups -OCH3 is 1. The molecule has 0 aliphatic rings. The molecule has 0 saturated heterocycles. The first-order valence-electron chi connectivity index (χ1n) is 9.42. The first kappa shape index (κ1) is 19.6. The molecule has 152 valence electrons. The number of H-pyrrole nitrogens is 1. The molecule has 1 heterocycles. The molecule has 0 spiro atoms. The summed E-state index contributed by atoms with van der Waals surface area (Å²) in [5.74, 6) is 0.547. The van der Waals surface area contributed by atoms with Crippen molar-refractivity contribution in [2.75, 3.05) is 25.6 Å². The van der Waals surface area contributed by atoms with Crippen LogP contribution in [0.15, 0.2) is 66.7 Å². The normalized spacial score (nSPS) is 10.9. The predicted octanol–water partition coefficient (Wildman–Crippen LogP) is 4.65. The van der Waals surface area contributed by atoms with Gasteiger partial charge in [-0.2, -0.15) is 0 Å². The first-order chi connectivity index (χ1) is 14.6. The van der Waals surface area contributed by atoms with Crippen molar-refractivity contribution >= 4 is 22.6 Å². The lowest BCUT2D eigenvalue weighted by atomic mass is 10.2. The van der Waals surface area contributed by atoms with Crippen LogP contribution in [0.3, 0.4) is 0 Å². The zero-order chi connectivity index (χ0) is 20.9. The van der Waals surface area contributed by atoms with Gasteiger partial charge >= 0.3 is 0 Å². The van der Waals surface area contributed by atoms with E-state index >= 15 is 0 Å². The van der Waals surface area contributed by atoms with Gasteiger partial charge in [-0.05, 0) is 54.6 Å². The lowest BCUT2D eigenvalue weighted by molar-refractivity contribution is 0.101. The second-order valence-electron chi connectivity index (χ2n) is 6.62. The van der Waals surface area contributed by atoms with Crippen LogP contribution in [0.4, 0.5) is 10.1 Å². The number of imidazole rings is 1. The van der Waals surface area contributed by atoms with Crippen molar-refractivity contribution in [1.29, 1.82) is 0 Å². The molecular weight excluding hydrogens is 385 g/mol. The Kier molecular flexibility index (Phi) is 5.72. The minimum Gasteiger partial charge on any atom is -0.490 e. The van der Waals surface area contributed by atoms with E-state index in [2.05, 4.69) is 15.3 Å². The van der Waals surface area contributed by atoms with Crippen LogP contribution in [0, 0.1) is 5.82 Å². The Bertz CT molecular complexity index is 1170. The second-order valence-corrected chi connectivity index (χ2v) is 6.62. The van der Waals surface area contributed by atoms with Gasteiger partial charge in [-0.3, -0.25) is 4.79 Å². The van der Waals surface area contributed by atoms with Gasteiger partial charge in [0.2, 0.25) is 0 Å². The molecule has 0 radical (unpaired) electrons. The van der Waals surface area contributed by atoms with E-state index < -0.39 is 0 Å². The maximum Gasteiger partial charge on any atom is 0.259 e. The molecule has 6 nitrogen and oxygen atoms in total. The SMILES string of the molecule is COCCOc1ccccc1C(=O)Nc1ccc2nc(-c3ccc(F)cc3)[nH]c2c1. The molecular formula is C23H20FN3O3. The number of nitrogens with one attached hydrogen (secondary N) is 2. The molecule has 0 atom stereocenters. The molecule has 0 aliphatic heterocycles. The molecule has 0 saturated carbocycles. The molecule has 1 aromatic heterocycles. The summed E-state index contributed by atoms with van der Waals surface area (Å²) in [5, 5.41) is 2.89. The number of aromatic nitrogens is 2. The lowest BCUT2D eigenvalue weighted by Gasteiger charge is -2.11. The Morgan fingerprint density at radius 3 is 2.67 bits per heavy atom. The Labute approximate surface area is 172 Å². The fraction of sp³-hybridized carbons (Fsp3) is 0.130. The molecule has 0 fully saturated rings. The van der Waals surface area contributed by atoms with Crippen LogP contribution in [-0.4, -0.2) is 36.2 Å². The van der Waals surface area contributed by atoms with E-state index in [0.717, 1.165) is 16.6 Å². The number of rotatable bonds is 7. The average molecular weight is 405 g/mol. The van der Waals surface area contributed by atoms with Crippen molar-refractivity contribution < 1.29 is 18.7 Å². The molecule has 4 rings (SSSR count). The number of hydrogen-bond acceptors (Lipinski definition) is 4. The third-order valence-corrected chi connectivity index (χ3v) is 4.53. The van der Waals surface area contributed by atoms with E-state index in [-0.39, 0.29) is 11.7 Å². The number of amides is 1. The van der Waals surface area contributed by atoms with Crippen LogP contribution in [0.25, 0.3) is 22.4 Å². The molecule has 30 heavy (non-hydrogen) atoms. The van der Waals surface area contributed by atoms with Crippen molar-refractivity contribution in [2.24, 2.45) is 0 Å². The largest absolute Gasteiger partial charge is 0.490 e. The van der Waals surface area contributed by atoms with E-state index in [1.807, 2.05) is 18.2 Å². The fourth-order valence-corrected chi connectivity index (χ4v) is 3.05. The number of benzene rings is 3. The minimum absolute atomic E-state index is 0.277. The average Bonchev–Trinajstić information content (AvgIpc) is 3.18. The summed E-state index contributed by atoms with van der Waals surface area (Å²) in [6.45, 7) is 0.788. The van der Waals surface area contributed by atoms with Crippen molar-refractivity contribution in [3.63, 3.8) is 0 Å². The van der Waals surface area contributed by atoms with Crippen molar-refractivity contribution in [2.45, 2.75) is 0 Å². The number of anilines is 1. The van der Waals surface area contributed by atoms with Gasteiger partial charge in [-0.25, -0.2) is 9.37 Å². The van der Waals surface area contributed by atoms with Gasteiger partial charge in [-0.15, -0.1) is 0 Å². The number of hydrogen-bond donors (Lipinski definition) is 2. The Morgan fingerprint density at radius 1 is 1.07 bits per heavy atom. The molecule has 2 N–H and O–H groups in total. The first-order valence-corrected chi connectivity index (χ1v) is 9.42. The number of para-hydroxylation sites is 1. The maximum atomic E-state index is 13.2.